The summed E-state index contributed by atoms with van der Waals surface area (Å²) in [7, 11) is 1.56. The van der Waals surface area contributed by atoms with Crippen LogP contribution in [-0.4, -0.2) is 60.4 Å². The van der Waals surface area contributed by atoms with E-state index in [2.05, 4.69) is 0 Å². The van der Waals surface area contributed by atoms with Gasteiger partial charge in [-0.1, -0.05) is 0 Å². The molecule has 0 spiro atoms. The van der Waals surface area contributed by atoms with Crippen LogP contribution in [0.4, 0.5) is 0 Å². The van der Waals surface area contributed by atoms with E-state index >= 15 is 0 Å². The van der Waals surface area contributed by atoms with Crippen molar-refractivity contribution in [1.82, 2.24) is 4.90 Å². The molecule has 0 aliphatic carbocycles. The van der Waals surface area contributed by atoms with E-state index in [9.17, 15) is 9.59 Å². The minimum absolute atomic E-state index is 0.201. The summed E-state index contributed by atoms with van der Waals surface area (Å²) in [6.07, 6.45) is 0. The molecule has 0 amide bonds. The zero-order valence-corrected chi connectivity index (χ0v) is 11.1. The molecule has 1 aromatic carbocycles. The summed E-state index contributed by atoms with van der Waals surface area (Å²) in [6, 6.07) is 6.92. The zero-order valence-electron chi connectivity index (χ0n) is 11.1. The number of aliphatic carboxylic acids is 2. The molecule has 20 heavy (non-hydrogen) atoms. The van der Waals surface area contributed by atoms with Crippen molar-refractivity contribution < 1.29 is 29.3 Å². The number of carbonyl (C=O) groups is 2. The third-order valence-corrected chi connectivity index (χ3v) is 2.45. The van der Waals surface area contributed by atoms with Crippen molar-refractivity contribution in [1.29, 1.82) is 0 Å². The molecule has 0 atom stereocenters. The second-order valence-corrected chi connectivity index (χ2v) is 4.02. The fourth-order valence-corrected chi connectivity index (χ4v) is 1.56. The predicted octanol–water partition coefficient (Wildman–Crippen LogP) is 0.545. The largest absolute Gasteiger partial charge is 0.497 e. The summed E-state index contributed by atoms with van der Waals surface area (Å²) in [5.41, 5.74) is 0. The molecular weight excluding hydrogens is 266 g/mol. The van der Waals surface area contributed by atoms with Crippen LogP contribution in [0.25, 0.3) is 0 Å². The fourth-order valence-electron chi connectivity index (χ4n) is 1.56. The Morgan fingerprint density at radius 1 is 1.05 bits per heavy atom. The highest BCUT2D eigenvalue weighted by atomic mass is 16.5. The summed E-state index contributed by atoms with van der Waals surface area (Å²) in [6.45, 7) is -0.256. The molecule has 7 nitrogen and oxygen atoms in total. The first-order valence-corrected chi connectivity index (χ1v) is 5.94. The molecule has 0 saturated carbocycles. The second-order valence-electron chi connectivity index (χ2n) is 4.02. The molecule has 0 unspecified atom stereocenters. The third-order valence-electron chi connectivity index (χ3n) is 2.45. The van der Waals surface area contributed by atoms with Crippen molar-refractivity contribution >= 4 is 11.9 Å². The molecule has 0 saturated heterocycles. The molecule has 0 radical (unpaired) electrons. The summed E-state index contributed by atoms with van der Waals surface area (Å²) >= 11 is 0. The summed E-state index contributed by atoms with van der Waals surface area (Å²) < 4.78 is 10.4. The molecule has 0 aromatic heterocycles. The molecule has 1 rings (SSSR count). The molecule has 0 aliphatic rings. The zero-order chi connectivity index (χ0) is 15.0. The number of hydrogen-bond donors (Lipinski definition) is 2. The Morgan fingerprint density at radius 3 is 2.00 bits per heavy atom. The molecular formula is C13H17NO6. The quantitative estimate of drug-likeness (QED) is 0.683. The Hall–Kier alpha value is -2.28. The second kappa shape index (κ2) is 8.00. The Balaban J connectivity index is 2.41. The Bertz CT molecular complexity index is 429. The van der Waals surface area contributed by atoms with E-state index in [4.69, 9.17) is 19.7 Å². The average molecular weight is 283 g/mol. The van der Waals surface area contributed by atoms with Gasteiger partial charge in [0.15, 0.2) is 0 Å². The number of carboxylic acid groups (broad SMARTS) is 2. The molecule has 0 bridgehead atoms. The van der Waals surface area contributed by atoms with Crippen LogP contribution in [0.15, 0.2) is 24.3 Å². The predicted molar refractivity (Wildman–Crippen MR) is 70.2 cm³/mol. The van der Waals surface area contributed by atoms with Gasteiger partial charge in [-0.15, -0.1) is 0 Å². The van der Waals surface area contributed by atoms with Gasteiger partial charge >= 0.3 is 11.9 Å². The van der Waals surface area contributed by atoms with Gasteiger partial charge in [-0.25, -0.2) is 0 Å². The van der Waals surface area contributed by atoms with Crippen LogP contribution in [0.3, 0.4) is 0 Å². The first kappa shape index (κ1) is 15.8. The van der Waals surface area contributed by atoms with Crippen LogP contribution in [0.5, 0.6) is 11.5 Å². The molecule has 110 valence electrons. The summed E-state index contributed by atoms with van der Waals surface area (Å²) in [5, 5.41) is 17.4. The lowest BCUT2D eigenvalue weighted by Crippen LogP contribution is -2.37. The van der Waals surface area contributed by atoms with E-state index in [0.717, 1.165) is 0 Å². The molecule has 1 aromatic rings. The van der Waals surface area contributed by atoms with Gasteiger partial charge in [0.05, 0.1) is 20.2 Å². The van der Waals surface area contributed by atoms with Gasteiger partial charge in [-0.05, 0) is 24.3 Å². The van der Waals surface area contributed by atoms with Gasteiger partial charge in [0.25, 0.3) is 0 Å². The summed E-state index contributed by atoms with van der Waals surface area (Å²) in [4.78, 5) is 22.5. The fraction of sp³-hybridized carbons (Fsp3) is 0.385. The van der Waals surface area contributed by atoms with Gasteiger partial charge in [0, 0.05) is 6.54 Å². The van der Waals surface area contributed by atoms with Gasteiger partial charge in [-0.2, -0.15) is 0 Å². The lowest BCUT2D eigenvalue weighted by Gasteiger charge is -2.18. The molecule has 0 heterocycles. The van der Waals surface area contributed by atoms with Gasteiger partial charge < -0.3 is 19.7 Å². The van der Waals surface area contributed by atoms with Crippen molar-refractivity contribution in [3.05, 3.63) is 24.3 Å². The van der Waals surface area contributed by atoms with Crippen molar-refractivity contribution in [2.24, 2.45) is 0 Å². The van der Waals surface area contributed by atoms with Crippen LogP contribution in [-0.2, 0) is 9.59 Å². The van der Waals surface area contributed by atoms with E-state index < -0.39 is 11.9 Å². The first-order valence-electron chi connectivity index (χ1n) is 5.94. The standard InChI is InChI=1S/C13H17NO6/c1-19-10-2-4-11(5-3-10)20-7-6-14(8-12(15)16)9-13(17)18/h2-5H,6-9H2,1H3,(H,15,16)(H,17,18). The van der Waals surface area contributed by atoms with Crippen LogP contribution in [0.1, 0.15) is 0 Å². The monoisotopic (exact) mass is 283 g/mol. The van der Waals surface area contributed by atoms with Crippen molar-refractivity contribution in [3.63, 3.8) is 0 Å². The Morgan fingerprint density at radius 2 is 1.55 bits per heavy atom. The van der Waals surface area contributed by atoms with Crippen molar-refractivity contribution in [2.75, 3.05) is 33.4 Å². The van der Waals surface area contributed by atoms with Crippen LogP contribution in [0.2, 0.25) is 0 Å². The highest BCUT2D eigenvalue weighted by Gasteiger charge is 2.13. The highest BCUT2D eigenvalue weighted by molar-refractivity contribution is 5.72. The van der Waals surface area contributed by atoms with Crippen molar-refractivity contribution in [2.45, 2.75) is 0 Å². The smallest absolute Gasteiger partial charge is 0.317 e. The maximum atomic E-state index is 10.6. The molecule has 2 N–H and O–H groups in total. The van der Waals surface area contributed by atoms with Crippen LogP contribution >= 0.6 is 0 Å². The lowest BCUT2D eigenvalue weighted by atomic mass is 10.3. The molecule has 7 heteroatoms. The number of methoxy groups -OCH3 is 1. The minimum atomic E-state index is -1.07. The third kappa shape index (κ3) is 6.05. The number of carboxylic acids is 2. The van der Waals surface area contributed by atoms with Gasteiger partial charge in [-0.3, -0.25) is 14.5 Å². The van der Waals surface area contributed by atoms with E-state index in [0.29, 0.717) is 11.5 Å². The van der Waals surface area contributed by atoms with E-state index in [-0.39, 0.29) is 26.2 Å². The minimum Gasteiger partial charge on any atom is -0.497 e. The number of nitrogens with zero attached hydrogens (tertiary/aromatic N) is 1. The molecule has 0 aliphatic heterocycles. The number of benzene rings is 1. The van der Waals surface area contributed by atoms with E-state index in [1.807, 2.05) is 0 Å². The van der Waals surface area contributed by atoms with E-state index in [1.165, 1.54) is 4.90 Å². The van der Waals surface area contributed by atoms with E-state index in [1.54, 1.807) is 31.4 Å². The number of rotatable bonds is 9. The number of hydrogen-bond acceptors (Lipinski definition) is 5. The first-order chi connectivity index (χ1) is 9.51. The van der Waals surface area contributed by atoms with Crippen molar-refractivity contribution in [3.8, 4) is 11.5 Å². The Labute approximate surface area is 116 Å². The number of ether oxygens (including phenoxy) is 2. The van der Waals surface area contributed by atoms with Crippen LogP contribution < -0.4 is 9.47 Å². The van der Waals surface area contributed by atoms with Gasteiger partial charge in [0.2, 0.25) is 0 Å². The molecule has 0 fully saturated rings. The highest BCUT2D eigenvalue weighted by Crippen LogP contribution is 2.16. The topological polar surface area (TPSA) is 96.3 Å². The maximum absolute atomic E-state index is 10.6. The van der Waals surface area contributed by atoms with Crippen LogP contribution in [0, 0.1) is 0 Å². The maximum Gasteiger partial charge on any atom is 0.317 e. The summed E-state index contributed by atoms with van der Waals surface area (Å²) in [5.74, 6) is -0.835. The normalized spacial score (nSPS) is 10.3. The Kier molecular flexibility index (Phi) is 6.31. The SMILES string of the molecule is COc1ccc(OCCN(CC(=O)O)CC(=O)O)cc1. The lowest BCUT2D eigenvalue weighted by molar-refractivity contribution is -0.141. The van der Waals surface area contributed by atoms with Gasteiger partial charge in [0.1, 0.15) is 18.1 Å². The average Bonchev–Trinajstić information content (AvgIpc) is 2.38.